The van der Waals surface area contributed by atoms with E-state index in [9.17, 15) is 4.79 Å². The van der Waals surface area contributed by atoms with E-state index < -0.39 is 5.97 Å². The number of carboxylic acids is 1. The molecule has 4 heteroatoms. The summed E-state index contributed by atoms with van der Waals surface area (Å²) in [6.07, 6.45) is 5.49. The van der Waals surface area contributed by atoms with Crippen molar-refractivity contribution in [2.24, 2.45) is 5.92 Å². The number of hydrogen-bond acceptors (Lipinski definition) is 3. The first-order valence-corrected chi connectivity index (χ1v) is 5.76. The van der Waals surface area contributed by atoms with Crippen molar-refractivity contribution < 1.29 is 14.3 Å². The third-order valence-electron chi connectivity index (χ3n) is 3.20. The maximum atomic E-state index is 11.1. The summed E-state index contributed by atoms with van der Waals surface area (Å²) in [7, 11) is 0. The zero-order valence-electron chi connectivity index (χ0n) is 9.19. The van der Waals surface area contributed by atoms with Crippen LogP contribution >= 0.6 is 0 Å². The minimum absolute atomic E-state index is 0.0800. The summed E-state index contributed by atoms with van der Waals surface area (Å²) >= 11 is 0. The molecule has 2 unspecified atom stereocenters. The fourth-order valence-electron chi connectivity index (χ4n) is 2.32. The Labute approximate surface area is 94.6 Å². The lowest BCUT2D eigenvalue weighted by Crippen LogP contribution is -2.41. The SMILES string of the molecule is O=C(O)C1CCCCC1NCc1ccco1. The highest BCUT2D eigenvalue weighted by molar-refractivity contribution is 5.71. The van der Waals surface area contributed by atoms with Gasteiger partial charge in [0.1, 0.15) is 5.76 Å². The molecule has 1 saturated carbocycles. The van der Waals surface area contributed by atoms with Crippen LogP contribution in [0.25, 0.3) is 0 Å². The fraction of sp³-hybridized carbons (Fsp3) is 0.583. The molecule has 0 aromatic carbocycles. The van der Waals surface area contributed by atoms with Gasteiger partial charge in [-0.3, -0.25) is 4.79 Å². The third-order valence-corrected chi connectivity index (χ3v) is 3.20. The highest BCUT2D eigenvalue weighted by atomic mass is 16.4. The average molecular weight is 223 g/mol. The van der Waals surface area contributed by atoms with Crippen molar-refractivity contribution in [3.05, 3.63) is 24.2 Å². The molecular weight excluding hydrogens is 206 g/mol. The van der Waals surface area contributed by atoms with Crippen LogP contribution in [0.5, 0.6) is 0 Å². The van der Waals surface area contributed by atoms with Crippen LogP contribution in [0, 0.1) is 5.92 Å². The lowest BCUT2D eigenvalue weighted by atomic mass is 9.84. The third kappa shape index (κ3) is 2.64. The van der Waals surface area contributed by atoms with Crippen molar-refractivity contribution in [1.82, 2.24) is 5.32 Å². The van der Waals surface area contributed by atoms with E-state index in [1.165, 1.54) is 0 Å². The molecule has 2 rings (SSSR count). The van der Waals surface area contributed by atoms with Crippen molar-refractivity contribution in [3.8, 4) is 0 Å². The number of carboxylic acid groups (broad SMARTS) is 1. The molecule has 1 aliphatic rings. The highest BCUT2D eigenvalue weighted by Crippen LogP contribution is 2.24. The van der Waals surface area contributed by atoms with E-state index >= 15 is 0 Å². The van der Waals surface area contributed by atoms with Gasteiger partial charge in [0.15, 0.2) is 0 Å². The van der Waals surface area contributed by atoms with E-state index in [4.69, 9.17) is 9.52 Å². The average Bonchev–Trinajstić information content (AvgIpc) is 2.79. The van der Waals surface area contributed by atoms with Crippen LogP contribution in [0.1, 0.15) is 31.4 Å². The Morgan fingerprint density at radius 2 is 2.31 bits per heavy atom. The van der Waals surface area contributed by atoms with Crippen LogP contribution < -0.4 is 5.32 Å². The summed E-state index contributed by atoms with van der Waals surface area (Å²) < 4.78 is 5.21. The summed E-state index contributed by atoms with van der Waals surface area (Å²) in [5, 5.41) is 12.4. The molecule has 1 fully saturated rings. The summed E-state index contributed by atoms with van der Waals surface area (Å²) in [4.78, 5) is 11.1. The summed E-state index contributed by atoms with van der Waals surface area (Å²) in [5.74, 6) is -0.0740. The molecule has 0 amide bonds. The molecular formula is C12H17NO3. The summed E-state index contributed by atoms with van der Waals surface area (Å²) in [6.45, 7) is 0.613. The monoisotopic (exact) mass is 223 g/mol. The first-order chi connectivity index (χ1) is 7.77. The van der Waals surface area contributed by atoms with Crippen LogP contribution in [-0.2, 0) is 11.3 Å². The molecule has 2 N–H and O–H groups in total. The van der Waals surface area contributed by atoms with Gasteiger partial charge >= 0.3 is 5.97 Å². The summed E-state index contributed by atoms with van der Waals surface area (Å²) in [5.41, 5.74) is 0. The predicted octanol–water partition coefficient (Wildman–Crippen LogP) is 2.01. The van der Waals surface area contributed by atoms with Crippen molar-refractivity contribution in [2.75, 3.05) is 0 Å². The second-order valence-electron chi connectivity index (χ2n) is 4.30. The quantitative estimate of drug-likeness (QED) is 0.819. The minimum Gasteiger partial charge on any atom is -0.481 e. The lowest BCUT2D eigenvalue weighted by Gasteiger charge is -2.29. The first-order valence-electron chi connectivity index (χ1n) is 5.76. The Morgan fingerprint density at radius 3 is 3.00 bits per heavy atom. The number of furan rings is 1. The van der Waals surface area contributed by atoms with Gasteiger partial charge in [0, 0.05) is 6.04 Å². The second-order valence-corrected chi connectivity index (χ2v) is 4.30. The summed E-state index contributed by atoms with van der Waals surface area (Å²) in [6, 6.07) is 3.81. The van der Waals surface area contributed by atoms with Gasteiger partial charge < -0.3 is 14.8 Å². The smallest absolute Gasteiger partial charge is 0.308 e. The molecule has 0 radical (unpaired) electrons. The van der Waals surface area contributed by atoms with Gasteiger partial charge in [-0.2, -0.15) is 0 Å². The number of nitrogens with one attached hydrogen (secondary N) is 1. The Balaban J connectivity index is 1.89. The van der Waals surface area contributed by atoms with Gasteiger partial charge in [-0.25, -0.2) is 0 Å². The minimum atomic E-state index is -0.684. The van der Waals surface area contributed by atoms with Crippen LogP contribution in [0.2, 0.25) is 0 Å². The van der Waals surface area contributed by atoms with Gasteiger partial charge in [0.2, 0.25) is 0 Å². The topological polar surface area (TPSA) is 62.5 Å². The number of aliphatic carboxylic acids is 1. The molecule has 1 heterocycles. The van der Waals surface area contributed by atoms with Crippen LogP contribution in [0.15, 0.2) is 22.8 Å². The maximum absolute atomic E-state index is 11.1. The van der Waals surface area contributed by atoms with E-state index in [2.05, 4.69) is 5.32 Å². The van der Waals surface area contributed by atoms with Gasteiger partial charge in [0.25, 0.3) is 0 Å². The fourth-order valence-corrected chi connectivity index (χ4v) is 2.32. The van der Waals surface area contributed by atoms with Crippen molar-refractivity contribution >= 4 is 5.97 Å². The van der Waals surface area contributed by atoms with Gasteiger partial charge in [-0.15, -0.1) is 0 Å². The molecule has 4 nitrogen and oxygen atoms in total. The highest BCUT2D eigenvalue weighted by Gasteiger charge is 2.30. The molecule has 0 saturated heterocycles. The normalized spacial score (nSPS) is 25.5. The van der Waals surface area contributed by atoms with E-state index in [1.54, 1.807) is 6.26 Å². The zero-order chi connectivity index (χ0) is 11.4. The Kier molecular flexibility index (Phi) is 3.62. The standard InChI is InChI=1S/C12H17NO3/c14-12(15)10-5-1-2-6-11(10)13-8-9-4-3-7-16-9/h3-4,7,10-11,13H,1-2,5-6,8H2,(H,14,15). The molecule has 0 aliphatic heterocycles. The largest absolute Gasteiger partial charge is 0.481 e. The molecule has 1 aromatic rings. The molecule has 16 heavy (non-hydrogen) atoms. The van der Waals surface area contributed by atoms with E-state index in [1.807, 2.05) is 12.1 Å². The van der Waals surface area contributed by atoms with Crippen LogP contribution in [0.3, 0.4) is 0 Å². The van der Waals surface area contributed by atoms with E-state index in [-0.39, 0.29) is 12.0 Å². The van der Waals surface area contributed by atoms with Crippen molar-refractivity contribution in [2.45, 2.75) is 38.3 Å². The number of hydrogen-bond donors (Lipinski definition) is 2. The van der Waals surface area contributed by atoms with E-state index in [0.29, 0.717) is 6.54 Å². The van der Waals surface area contributed by atoms with Gasteiger partial charge in [-0.05, 0) is 25.0 Å². The van der Waals surface area contributed by atoms with Crippen LogP contribution in [-0.4, -0.2) is 17.1 Å². The van der Waals surface area contributed by atoms with Gasteiger partial charge in [0.05, 0.1) is 18.7 Å². The molecule has 0 spiro atoms. The first kappa shape index (κ1) is 11.2. The molecule has 2 atom stereocenters. The Morgan fingerprint density at radius 1 is 1.50 bits per heavy atom. The molecule has 1 aromatic heterocycles. The van der Waals surface area contributed by atoms with E-state index in [0.717, 1.165) is 31.4 Å². The van der Waals surface area contributed by atoms with Gasteiger partial charge in [-0.1, -0.05) is 12.8 Å². The number of carbonyl (C=O) groups is 1. The second kappa shape index (κ2) is 5.16. The molecule has 88 valence electrons. The lowest BCUT2D eigenvalue weighted by molar-refractivity contribution is -0.143. The number of rotatable bonds is 4. The maximum Gasteiger partial charge on any atom is 0.308 e. The van der Waals surface area contributed by atoms with Crippen LogP contribution in [0.4, 0.5) is 0 Å². The Bertz CT molecular complexity index is 334. The Hall–Kier alpha value is -1.29. The zero-order valence-corrected chi connectivity index (χ0v) is 9.19. The molecule has 0 bridgehead atoms. The van der Waals surface area contributed by atoms with Crippen molar-refractivity contribution in [1.29, 1.82) is 0 Å². The van der Waals surface area contributed by atoms with Crippen molar-refractivity contribution in [3.63, 3.8) is 0 Å². The predicted molar refractivity (Wildman–Crippen MR) is 58.9 cm³/mol. The molecule has 1 aliphatic carbocycles.